The maximum atomic E-state index is 11.6. The summed E-state index contributed by atoms with van der Waals surface area (Å²) >= 11 is 0. The Morgan fingerprint density at radius 2 is 2.00 bits per heavy atom. The molecule has 0 unspecified atom stereocenters. The van der Waals surface area contributed by atoms with E-state index in [0.29, 0.717) is 24.8 Å². The minimum absolute atomic E-state index is 0.259. The van der Waals surface area contributed by atoms with Crippen LogP contribution in [0.3, 0.4) is 0 Å². The van der Waals surface area contributed by atoms with Gasteiger partial charge in [0.2, 0.25) is 11.9 Å². The Hall–Kier alpha value is -4.17. The van der Waals surface area contributed by atoms with Crippen LogP contribution in [0.1, 0.15) is 0 Å². The van der Waals surface area contributed by atoms with Gasteiger partial charge in [0.25, 0.3) is 0 Å². The highest BCUT2D eigenvalue weighted by molar-refractivity contribution is 6.00. The molecule has 2 heterocycles. The second-order valence-corrected chi connectivity index (χ2v) is 6.92. The Labute approximate surface area is 185 Å². The van der Waals surface area contributed by atoms with Crippen LogP contribution in [0, 0.1) is 0 Å². The summed E-state index contributed by atoms with van der Waals surface area (Å²) < 4.78 is 10.6. The molecule has 8 heteroatoms. The molecular formula is C24H23N5O3. The van der Waals surface area contributed by atoms with Gasteiger partial charge in [0.05, 0.1) is 18.3 Å². The van der Waals surface area contributed by atoms with Crippen molar-refractivity contribution in [3.8, 4) is 16.9 Å². The van der Waals surface area contributed by atoms with Crippen LogP contribution in [-0.2, 0) is 9.53 Å². The Morgan fingerprint density at radius 3 is 2.78 bits per heavy atom. The van der Waals surface area contributed by atoms with Crippen LogP contribution < -0.4 is 15.4 Å². The maximum absolute atomic E-state index is 11.6. The Kier molecular flexibility index (Phi) is 6.43. The number of H-pyrrole nitrogens is 1. The van der Waals surface area contributed by atoms with E-state index in [1.165, 1.54) is 6.08 Å². The molecule has 162 valence electrons. The number of fused-ring (bicyclic) bond motifs is 1. The number of nitrogens with one attached hydrogen (secondary N) is 3. The summed E-state index contributed by atoms with van der Waals surface area (Å²) in [6.07, 6.45) is 4.85. The van der Waals surface area contributed by atoms with E-state index in [0.717, 1.165) is 33.6 Å². The van der Waals surface area contributed by atoms with E-state index in [4.69, 9.17) is 14.5 Å². The highest BCUT2D eigenvalue weighted by Crippen LogP contribution is 2.30. The molecule has 0 aliphatic heterocycles. The number of carbonyl (C=O) groups excluding carboxylic acids is 1. The van der Waals surface area contributed by atoms with Crippen molar-refractivity contribution in [1.82, 2.24) is 15.0 Å². The van der Waals surface area contributed by atoms with E-state index < -0.39 is 0 Å². The molecule has 0 atom stereocenters. The van der Waals surface area contributed by atoms with Crippen molar-refractivity contribution in [3.05, 3.63) is 73.6 Å². The van der Waals surface area contributed by atoms with E-state index >= 15 is 0 Å². The van der Waals surface area contributed by atoms with Gasteiger partial charge in [0, 0.05) is 30.2 Å². The number of aromatic nitrogens is 3. The van der Waals surface area contributed by atoms with Gasteiger partial charge in [-0.2, -0.15) is 0 Å². The molecule has 0 aliphatic carbocycles. The van der Waals surface area contributed by atoms with Crippen LogP contribution in [0.2, 0.25) is 0 Å². The van der Waals surface area contributed by atoms with Gasteiger partial charge in [0.15, 0.2) is 0 Å². The number of hydrogen-bond acceptors (Lipinski definition) is 6. The van der Waals surface area contributed by atoms with Crippen molar-refractivity contribution in [2.45, 2.75) is 0 Å². The Morgan fingerprint density at radius 1 is 1.16 bits per heavy atom. The number of nitrogens with zero attached hydrogens (tertiary/aromatic N) is 2. The van der Waals surface area contributed by atoms with Gasteiger partial charge in [-0.15, -0.1) is 0 Å². The van der Waals surface area contributed by atoms with Crippen LogP contribution in [0.5, 0.6) is 5.75 Å². The molecule has 0 spiro atoms. The molecule has 0 saturated carbocycles. The summed E-state index contributed by atoms with van der Waals surface area (Å²) in [5.41, 5.74) is 4.93. The third-order valence-electron chi connectivity index (χ3n) is 4.71. The van der Waals surface area contributed by atoms with Crippen LogP contribution >= 0.6 is 0 Å². The summed E-state index contributed by atoms with van der Waals surface area (Å²) in [5.74, 6) is 0.979. The van der Waals surface area contributed by atoms with Crippen molar-refractivity contribution in [2.24, 2.45) is 0 Å². The lowest BCUT2D eigenvalue weighted by atomic mass is 10.1. The van der Waals surface area contributed by atoms with Crippen molar-refractivity contribution >= 4 is 34.3 Å². The summed E-state index contributed by atoms with van der Waals surface area (Å²) in [6.45, 7) is 4.52. The number of rotatable bonds is 9. The minimum Gasteiger partial charge on any atom is -0.491 e. The molecule has 0 saturated heterocycles. The summed E-state index contributed by atoms with van der Waals surface area (Å²) in [6, 6.07) is 15.1. The second kappa shape index (κ2) is 9.76. The van der Waals surface area contributed by atoms with Gasteiger partial charge >= 0.3 is 0 Å². The number of carbonyl (C=O) groups is 1. The molecule has 3 N–H and O–H groups in total. The summed E-state index contributed by atoms with van der Waals surface area (Å²) in [4.78, 5) is 23.9. The molecule has 0 fully saturated rings. The van der Waals surface area contributed by atoms with Gasteiger partial charge in [-0.3, -0.25) is 4.79 Å². The predicted molar refractivity (Wildman–Crippen MR) is 125 cm³/mol. The van der Waals surface area contributed by atoms with Crippen molar-refractivity contribution in [1.29, 1.82) is 0 Å². The number of ether oxygens (including phenoxy) is 2. The monoisotopic (exact) mass is 429 g/mol. The number of aromatic amines is 1. The van der Waals surface area contributed by atoms with E-state index in [1.807, 2.05) is 54.7 Å². The number of anilines is 3. The fourth-order valence-electron chi connectivity index (χ4n) is 3.16. The van der Waals surface area contributed by atoms with E-state index in [1.54, 1.807) is 13.3 Å². The van der Waals surface area contributed by atoms with Gasteiger partial charge < -0.3 is 25.1 Å². The third-order valence-corrected chi connectivity index (χ3v) is 4.71. The average Bonchev–Trinajstić information content (AvgIpc) is 3.24. The normalized spacial score (nSPS) is 10.7. The zero-order valence-corrected chi connectivity index (χ0v) is 17.6. The fraction of sp³-hybridized carbons (Fsp3) is 0.125. The fourth-order valence-corrected chi connectivity index (χ4v) is 3.16. The van der Waals surface area contributed by atoms with Crippen LogP contribution in [0.15, 0.2) is 73.6 Å². The van der Waals surface area contributed by atoms with Crippen LogP contribution in [-0.4, -0.2) is 41.2 Å². The Balaban J connectivity index is 1.55. The molecule has 1 amide bonds. The van der Waals surface area contributed by atoms with Gasteiger partial charge in [-0.25, -0.2) is 9.97 Å². The lowest BCUT2D eigenvalue weighted by Gasteiger charge is -2.08. The first kappa shape index (κ1) is 21.1. The molecule has 2 aromatic carbocycles. The van der Waals surface area contributed by atoms with Crippen molar-refractivity contribution in [3.63, 3.8) is 0 Å². The lowest BCUT2D eigenvalue weighted by molar-refractivity contribution is -0.111. The molecule has 32 heavy (non-hydrogen) atoms. The largest absolute Gasteiger partial charge is 0.491 e. The topological polar surface area (TPSA) is 101 Å². The molecule has 0 radical (unpaired) electrons. The molecule has 2 aromatic heterocycles. The number of hydrogen-bond donors (Lipinski definition) is 3. The SMILES string of the molecule is C=CC(=O)Nc1cccc(-c2c[nH]c3cnc(Nc4ccc(OCCOC)cc4)nc23)c1. The van der Waals surface area contributed by atoms with E-state index in [-0.39, 0.29) is 5.91 Å². The maximum Gasteiger partial charge on any atom is 0.247 e. The molecular weight excluding hydrogens is 406 g/mol. The van der Waals surface area contributed by atoms with Gasteiger partial charge in [-0.05, 0) is 48.0 Å². The quantitative estimate of drug-likeness (QED) is 0.267. The molecule has 0 aliphatic rings. The number of benzene rings is 2. The van der Waals surface area contributed by atoms with Crippen LogP contribution in [0.4, 0.5) is 17.3 Å². The third kappa shape index (κ3) is 4.93. The zero-order chi connectivity index (χ0) is 22.3. The number of amides is 1. The minimum atomic E-state index is -0.259. The second-order valence-electron chi connectivity index (χ2n) is 6.92. The molecule has 4 rings (SSSR count). The predicted octanol–water partition coefficient (Wildman–Crippen LogP) is 4.52. The standard InChI is InChI=1S/C24H23N5O3/c1-3-22(30)27-18-6-4-5-16(13-18)20-14-25-21-15-26-24(29-23(20)21)28-17-7-9-19(10-8-17)32-12-11-31-2/h3-10,13-15,25H,1,11-12H2,2H3,(H,27,30)(H,26,28,29). The summed E-state index contributed by atoms with van der Waals surface area (Å²) in [5, 5.41) is 6.00. The van der Waals surface area contributed by atoms with E-state index in [2.05, 4.69) is 27.2 Å². The highest BCUT2D eigenvalue weighted by Gasteiger charge is 2.11. The van der Waals surface area contributed by atoms with Gasteiger partial charge in [-0.1, -0.05) is 18.7 Å². The molecule has 4 aromatic rings. The highest BCUT2D eigenvalue weighted by atomic mass is 16.5. The van der Waals surface area contributed by atoms with E-state index in [9.17, 15) is 4.79 Å². The van der Waals surface area contributed by atoms with Crippen molar-refractivity contribution in [2.75, 3.05) is 31.0 Å². The first-order valence-electron chi connectivity index (χ1n) is 10.0. The average molecular weight is 429 g/mol. The van der Waals surface area contributed by atoms with Crippen molar-refractivity contribution < 1.29 is 14.3 Å². The Bertz CT molecular complexity index is 1230. The molecule has 0 bridgehead atoms. The zero-order valence-electron chi connectivity index (χ0n) is 17.6. The summed E-state index contributed by atoms with van der Waals surface area (Å²) in [7, 11) is 1.64. The smallest absolute Gasteiger partial charge is 0.247 e. The lowest BCUT2D eigenvalue weighted by Crippen LogP contribution is -2.06. The number of methoxy groups -OCH3 is 1. The van der Waals surface area contributed by atoms with Gasteiger partial charge in [0.1, 0.15) is 17.9 Å². The first-order valence-corrected chi connectivity index (χ1v) is 10.0. The molecule has 8 nitrogen and oxygen atoms in total. The van der Waals surface area contributed by atoms with Crippen LogP contribution in [0.25, 0.3) is 22.2 Å². The first-order chi connectivity index (χ1) is 15.7.